The lowest BCUT2D eigenvalue weighted by Crippen LogP contribution is -2.54. The van der Waals surface area contributed by atoms with E-state index in [0.29, 0.717) is 51.5 Å². The number of carbonyl (C=O) groups excluding carboxylic acids is 1. The molecule has 1 aromatic heterocycles. The predicted octanol–water partition coefficient (Wildman–Crippen LogP) is 0.250. The Balaban J connectivity index is 1.87. The van der Waals surface area contributed by atoms with Crippen LogP contribution in [0.15, 0.2) is 21.8 Å². The van der Waals surface area contributed by atoms with E-state index in [1.165, 1.54) is 10.6 Å². The second-order valence-corrected chi connectivity index (χ2v) is 9.84. The zero-order valence-corrected chi connectivity index (χ0v) is 18.5. The van der Waals surface area contributed by atoms with E-state index in [9.17, 15) is 13.2 Å². The molecule has 0 radical (unpaired) electrons. The first-order chi connectivity index (χ1) is 13.6. The molecule has 0 saturated carbocycles. The quantitative estimate of drug-likeness (QED) is 0.363. The van der Waals surface area contributed by atoms with Gasteiger partial charge in [0.15, 0.2) is 5.96 Å². The largest absolute Gasteiger partial charge is 0.364 e. The van der Waals surface area contributed by atoms with Crippen molar-refractivity contribution >= 4 is 21.9 Å². The smallest absolute Gasteiger partial charge is 0.225 e. The summed E-state index contributed by atoms with van der Waals surface area (Å²) >= 11 is 0. The summed E-state index contributed by atoms with van der Waals surface area (Å²) in [5, 5.41) is 9.79. The van der Waals surface area contributed by atoms with E-state index in [1.807, 2.05) is 32.6 Å². The summed E-state index contributed by atoms with van der Waals surface area (Å²) in [5.74, 6) is 0.556. The topological polar surface area (TPSA) is 120 Å². The highest BCUT2D eigenvalue weighted by Gasteiger charge is 2.29. The third-order valence-electron chi connectivity index (χ3n) is 4.43. The molecule has 1 aromatic rings. The Hall–Kier alpha value is -2.14. The molecule has 2 rings (SSSR count). The maximum absolute atomic E-state index is 12.6. The van der Waals surface area contributed by atoms with Crippen LogP contribution in [0.1, 0.15) is 33.4 Å². The first kappa shape index (κ1) is 23.1. The molecule has 0 bridgehead atoms. The average Bonchev–Trinajstić information content (AvgIpc) is 3.15. The molecule has 1 amide bonds. The zero-order chi connectivity index (χ0) is 21.5. The number of hydrogen-bond acceptors (Lipinski definition) is 6. The van der Waals surface area contributed by atoms with E-state index in [1.54, 1.807) is 6.07 Å². The van der Waals surface area contributed by atoms with Gasteiger partial charge < -0.3 is 20.1 Å². The standard InChI is InChI=1S/C18H32N6O4S/c1-5-19-17(21-8-7-20-16(25)18(2,3)4)23-9-11-24(12-10-23)29(26,27)14-15-6-13-28-22-15/h6,13H,5,7-12,14H2,1-4H3,(H,19,21)(H,20,25). The number of piperazine rings is 1. The number of nitrogens with zero attached hydrogens (tertiary/aromatic N) is 4. The number of aromatic nitrogens is 1. The van der Waals surface area contributed by atoms with Crippen molar-refractivity contribution in [2.45, 2.75) is 33.4 Å². The summed E-state index contributed by atoms with van der Waals surface area (Å²) in [6.07, 6.45) is 1.37. The third kappa shape index (κ3) is 7.00. The SMILES string of the molecule is CCNC(=NCCNC(=O)C(C)(C)C)N1CCN(S(=O)(=O)Cc2ccon2)CC1. The average molecular weight is 429 g/mol. The fourth-order valence-electron chi connectivity index (χ4n) is 2.79. The van der Waals surface area contributed by atoms with Crippen LogP contribution < -0.4 is 10.6 Å². The number of amides is 1. The fraction of sp³-hybridized carbons (Fsp3) is 0.722. The van der Waals surface area contributed by atoms with E-state index in [-0.39, 0.29) is 11.7 Å². The molecular formula is C18H32N6O4S. The lowest BCUT2D eigenvalue weighted by Gasteiger charge is -2.35. The molecule has 11 heteroatoms. The molecule has 164 valence electrons. The van der Waals surface area contributed by atoms with Gasteiger partial charge in [0.1, 0.15) is 12.0 Å². The van der Waals surface area contributed by atoms with Gasteiger partial charge in [-0.05, 0) is 6.92 Å². The second-order valence-electron chi connectivity index (χ2n) is 7.87. The van der Waals surface area contributed by atoms with Gasteiger partial charge in [-0.15, -0.1) is 0 Å². The normalized spacial score (nSPS) is 16.7. The molecule has 0 atom stereocenters. The lowest BCUT2D eigenvalue weighted by atomic mass is 9.96. The molecule has 0 aromatic carbocycles. The van der Waals surface area contributed by atoms with Crippen LogP contribution in [-0.2, 0) is 20.6 Å². The molecule has 1 fully saturated rings. The van der Waals surface area contributed by atoms with Gasteiger partial charge in [0.25, 0.3) is 0 Å². The van der Waals surface area contributed by atoms with Crippen molar-refractivity contribution in [2.24, 2.45) is 10.4 Å². The van der Waals surface area contributed by atoms with Gasteiger partial charge in [-0.3, -0.25) is 9.79 Å². The number of guanidine groups is 1. The highest BCUT2D eigenvalue weighted by molar-refractivity contribution is 7.88. The summed E-state index contributed by atoms with van der Waals surface area (Å²) in [7, 11) is -3.44. The highest BCUT2D eigenvalue weighted by atomic mass is 32.2. The summed E-state index contributed by atoms with van der Waals surface area (Å²) in [6, 6.07) is 1.56. The number of sulfonamides is 1. The minimum atomic E-state index is -3.44. The van der Waals surface area contributed by atoms with Gasteiger partial charge in [-0.2, -0.15) is 4.31 Å². The van der Waals surface area contributed by atoms with Crippen LogP contribution >= 0.6 is 0 Å². The molecular weight excluding hydrogens is 396 g/mol. The van der Waals surface area contributed by atoms with Gasteiger partial charge in [-0.1, -0.05) is 25.9 Å². The van der Waals surface area contributed by atoms with Crippen molar-refractivity contribution in [1.82, 2.24) is 25.0 Å². The van der Waals surface area contributed by atoms with Crippen molar-refractivity contribution in [2.75, 3.05) is 45.8 Å². The van der Waals surface area contributed by atoms with Crippen LogP contribution in [0.4, 0.5) is 0 Å². The van der Waals surface area contributed by atoms with E-state index in [0.717, 1.165) is 5.96 Å². The highest BCUT2D eigenvalue weighted by Crippen LogP contribution is 2.13. The van der Waals surface area contributed by atoms with Gasteiger partial charge in [0.2, 0.25) is 15.9 Å². The number of aliphatic imine (C=N–C) groups is 1. The van der Waals surface area contributed by atoms with Crippen molar-refractivity contribution in [3.63, 3.8) is 0 Å². The molecule has 1 aliphatic heterocycles. The molecule has 0 spiro atoms. The summed E-state index contributed by atoms with van der Waals surface area (Å²) in [4.78, 5) is 18.5. The van der Waals surface area contributed by atoms with Crippen LogP contribution in [0.5, 0.6) is 0 Å². The number of nitrogens with one attached hydrogen (secondary N) is 2. The molecule has 0 unspecified atom stereocenters. The summed E-state index contributed by atoms with van der Waals surface area (Å²) < 4.78 is 31.3. The van der Waals surface area contributed by atoms with Crippen LogP contribution in [-0.4, -0.2) is 80.5 Å². The van der Waals surface area contributed by atoms with E-state index in [4.69, 9.17) is 4.52 Å². The van der Waals surface area contributed by atoms with Crippen LogP contribution in [0.3, 0.4) is 0 Å². The molecule has 1 saturated heterocycles. The van der Waals surface area contributed by atoms with E-state index in [2.05, 4.69) is 20.8 Å². The number of carbonyl (C=O) groups is 1. The zero-order valence-electron chi connectivity index (χ0n) is 17.6. The van der Waals surface area contributed by atoms with Crippen molar-refractivity contribution < 1.29 is 17.7 Å². The van der Waals surface area contributed by atoms with Gasteiger partial charge >= 0.3 is 0 Å². The minimum absolute atomic E-state index is 0.0105. The predicted molar refractivity (Wildman–Crippen MR) is 111 cm³/mol. The summed E-state index contributed by atoms with van der Waals surface area (Å²) in [6.45, 7) is 11.0. The van der Waals surface area contributed by atoms with Crippen LogP contribution in [0.2, 0.25) is 0 Å². The first-order valence-electron chi connectivity index (χ1n) is 9.82. The maximum atomic E-state index is 12.6. The monoisotopic (exact) mass is 428 g/mol. The second kappa shape index (κ2) is 10.1. The van der Waals surface area contributed by atoms with Crippen molar-refractivity contribution in [3.05, 3.63) is 18.0 Å². The molecule has 1 aliphatic rings. The Morgan fingerprint density at radius 1 is 1.24 bits per heavy atom. The van der Waals surface area contributed by atoms with E-state index >= 15 is 0 Å². The van der Waals surface area contributed by atoms with E-state index < -0.39 is 15.4 Å². The van der Waals surface area contributed by atoms with Gasteiger partial charge in [-0.25, -0.2) is 8.42 Å². The molecule has 2 N–H and O–H groups in total. The Labute approximate surface area is 172 Å². The van der Waals surface area contributed by atoms with Crippen molar-refractivity contribution in [3.8, 4) is 0 Å². The maximum Gasteiger partial charge on any atom is 0.225 e. The number of hydrogen-bond donors (Lipinski definition) is 2. The molecule has 0 aliphatic carbocycles. The molecule has 2 heterocycles. The van der Waals surface area contributed by atoms with Gasteiger partial charge in [0, 0.05) is 50.7 Å². The fourth-order valence-corrected chi connectivity index (χ4v) is 4.22. The summed E-state index contributed by atoms with van der Waals surface area (Å²) in [5.41, 5.74) is -0.0261. The number of rotatable bonds is 7. The van der Waals surface area contributed by atoms with Gasteiger partial charge in [0.05, 0.1) is 12.2 Å². The Morgan fingerprint density at radius 2 is 1.93 bits per heavy atom. The first-order valence-corrected chi connectivity index (χ1v) is 11.4. The Bertz CT molecular complexity index is 778. The lowest BCUT2D eigenvalue weighted by molar-refractivity contribution is -0.128. The molecule has 29 heavy (non-hydrogen) atoms. The third-order valence-corrected chi connectivity index (χ3v) is 6.24. The Kier molecular flexibility index (Phi) is 8.03. The molecule has 10 nitrogen and oxygen atoms in total. The van der Waals surface area contributed by atoms with Crippen LogP contribution in [0.25, 0.3) is 0 Å². The minimum Gasteiger partial charge on any atom is -0.364 e. The Morgan fingerprint density at radius 3 is 2.48 bits per heavy atom. The van der Waals surface area contributed by atoms with Crippen LogP contribution in [0, 0.1) is 5.41 Å². The van der Waals surface area contributed by atoms with Crippen molar-refractivity contribution in [1.29, 1.82) is 0 Å².